The number of aromatic nitrogens is 6. The smallest absolute Gasteiger partial charge is 0.405 e. The van der Waals surface area contributed by atoms with E-state index in [1.54, 1.807) is 10.7 Å². The number of benzene rings is 2. The van der Waals surface area contributed by atoms with Crippen LogP contribution in [-0.4, -0.2) is 83.3 Å². The van der Waals surface area contributed by atoms with Crippen molar-refractivity contribution in [2.75, 3.05) is 26.4 Å². The number of nitriles is 1. The van der Waals surface area contributed by atoms with Gasteiger partial charge in [-0.15, -0.1) is 5.10 Å². The third-order valence-electron chi connectivity index (χ3n) is 8.69. The molecule has 1 fully saturated rings. The summed E-state index contributed by atoms with van der Waals surface area (Å²) in [5.41, 5.74) is 4.88. The molecule has 46 heavy (non-hydrogen) atoms. The number of alkyl halides is 1. The fourth-order valence-corrected chi connectivity index (χ4v) is 6.23. The maximum atomic E-state index is 13.5. The number of nitrogens with one attached hydrogen (secondary N) is 1. The summed E-state index contributed by atoms with van der Waals surface area (Å²) < 4.78 is 25.7. The first-order chi connectivity index (χ1) is 22.3. The minimum absolute atomic E-state index is 0.0437. The van der Waals surface area contributed by atoms with Crippen LogP contribution in [0.5, 0.6) is 5.75 Å². The van der Waals surface area contributed by atoms with Gasteiger partial charge in [0.1, 0.15) is 31.4 Å². The fraction of sp³-hybridized carbons (Fsp3) is 0.375. The van der Waals surface area contributed by atoms with Gasteiger partial charge in [0.2, 0.25) is 0 Å². The highest BCUT2D eigenvalue weighted by atomic mass is 19.1. The van der Waals surface area contributed by atoms with Crippen LogP contribution in [0.15, 0.2) is 42.7 Å². The summed E-state index contributed by atoms with van der Waals surface area (Å²) in [7, 11) is 1.97. The SMILES string of the molecule is Cn1c(-c2cc3cccc(OCCn4cnc(C#N)n4)c3n2CC2CC2)nc2cc3c(cc21)CCN(CC(CF)NC(=O)O)C3=O. The summed E-state index contributed by atoms with van der Waals surface area (Å²) in [5, 5.41) is 25.3. The van der Waals surface area contributed by atoms with Gasteiger partial charge in [-0.25, -0.2) is 23.8 Å². The van der Waals surface area contributed by atoms with E-state index in [1.165, 1.54) is 11.2 Å². The Labute approximate surface area is 262 Å². The highest BCUT2D eigenvalue weighted by Crippen LogP contribution is 2.39. The van der Waals surface area contributed by atoms with Crippen LogP contribution in [0.3, 0.4) is 0 Å². The maximum Gasteiger partial charge on any atom is 0.405 e. The molecular weight excluding hydrogens is 593 g/mol. The van der Waals surface area contributed by atoms with Crippen LogP contribution >= 0.6 is 0 Å². The summed E-state index contributed by atoms with van der Waals surface area (Å²) in [5.74, 6) is 1.93. The number of carbonyl (C=O) groups is 2. The van der Waals surface area contributed by atoms with E-state index in [2.05, 4.69) is 36.7 Å². The second-order valence-corrected chi connectivity index (χ2v) is 11.9. The number of aryl methyl sites for hydroxylation is 1. The first-order valence-corrected chi connectivity index (χ1v) is 15.2. The zero-order chi connectivity index (χ0) is 31.9. The number of fused-ring (bicyclic) bond motifs is 3. The highest BCUT2D eigenvalue weighted by Gasteiger charge is 2.30. The fourth-order valence-electron chi connectivity index (χ4n) is 6.23. The van der Waals surface area contributed by atoms with Crippen molar-refractivity contribution in [1.29, 1.82) is 5.26 Å². The van der Waals surface area contributed by atoms with E-state index >= 15 is 0 Å². The van der Waals surface area contributed by atoms with Crippen molar-refractivity contribution >= 4 is 33.9 Å². The predicted octanol–water partition coefficient (Wildman–Crippen LogP) is 3.75. The lowest BCUT2D eigenvalue weighted by Crippen LogP contribution is -2.48. The van der Waals surface area contributed by atoms with Crippen molar-refractivity contribution in [2.24, 2.45) is 13.0 Å². The van der Waals surface area contributed by atoms with Gasteiger partial charge in [-0.3, -0.25) is 4.79 Å². The monoisotopic (exact) mass is 625 g/mol. The number of amides is 2. The number of hydrogen-bond acceptors (Lipinski definition) is 7. The normalized spacial score (nSPS) is 15.2. The van der Waals surface area contributed by atoms with Crippen molar-refractivity contribution in [1.82, 2.24) is 39.1 Å². The molecule has 1 unspecified atom stereocenters. The van der Waals surface area contributed by atoms with Crippen molar-refractivity contribution in [3.8, 4) is 23.3 Å². The number of nitrogens with zero attached hydrogens (tertiary/aromatic N) is 8. The van der Waals surface area contributed by atoms with Crippen LogP contribution in [0.25, 0.3) is 33.5 Å². The van der Waals surface area contributed by atoms with Crippen LogP contribution in [0.1, 0.15) is 34.6 Å². The van der Waals surface area contributed by atoms with Crippen molar-refractivity contribution in [2.45, 2.75) is 38.4 Å². The topological polar surface area (TPSA) is 156 Å². The number of halogens is 1. The molecule has 2 amide bonds. The van der Waals surface area contributed by atoms with Crippen LogP contribution in [0, 0.1) is 17.2 Å². The predicted molar refractivity (Wildman–Crippen MR) is 165 cm³/mol. The number of carboxylic acid groups (broad SMARTS) is 1. The van der Waals surface area contributed by atoms with Gasteiger partial charge in [0, 0.05) is 37.6 Å². The third kappa shape index (κ3) is 5.48. The van der Waals surface area contributed by atoms with Gasteiger partial charge in [0.05, 0.1) is 34.8 Å². The molecule has 0 spiro atoms. The standard InChI is InChI=1S/C32H32FN9O4/c1-39-25-11-20-7-8-40(17-22(14-33)36-32(44)45)31(43)23(20)13-24(25)37-30(39)26-12-21-3-2-4-27(29(21)42(26)16-19-5-6-19)46-10-9-41-18-35-28(15-34)38-41/h2-4,11-13,18-19,22,36H,5-10,14,16-17H2,1H3,(H,44,45). The molecular formula is C32H32FN9O4. The number of imidazole rings is 1. The minimum Gasteiger partial charge on any atom is -0.489 e. The van der Waals surface area contributed by atoms with Gasteiger partial charge >= 0.3 is 6.09 Å². The van der Waals surface area contributed by atoms with E-state index in [0.717, 1.165) is 58.6 Å². The van der Waals surface area contributed by atoms with Crippen LogP contribution in [-0.2, 0) is 26.6 Å². The number of hydrogen-bond donors (Lipinski definition) is 2. The van der Waals surface area contributed by atoms with Gasteiger partial charge in [-0.2, -0.15) is 5.26 Å². The number of rotatable bonds is 11. The summed E-state index contributed by atoms with van der Waals surface area (Å²) in [6, 6.07) is 12.8. The molecule has 1 aliphatic heterocycles. The Bertz CT molecular complexity index is 2020. The first-order valence-electron chi connectivity index (χ1n) is 15.2. The van der Waals surface area contributed by atoms with E-state index < -0.39 is 18.8 Å². The average molecular weight is 626 g/mol. The molecule has 3 aromatic heterocycles. The second kappa shape index (κ2) is 11.8. The molecule has 0 saturated heterocycles. The number of para-hydroxylation sites is 1. The Morgan fingerprint density at radius 2 is 2.13 bits per heavy atom. The molecule has 2 aliphatic rings. The summed E-state index contributed by atoms with van der Waals surface area (Å²) in [6.45, 7) is 1.03. The van der Waals surface area contributed by atoms with Crippen molar-refractivity contribution in [3.05, 3.63) is 59.7 Å². The molecule has 1 atom stereocenters. The first kappa shape index (κ1) is 29.3. The minimum atomic E-state index is -1.32. The molecule has 0 radical (unpaired) electrons. The Kier molecular flexibility index (Phi) is 7.51. The lowest BCUT2D eigenvalue weighted by molar-refractivity contribution is 0.0714. The Balaban J connectivity index is 1.22. The quantitative estimate of drug-likeness (QED) is 0.225. The Hall–Kier alpha value is -5.45. The number of ether oxygens (including phenoxy) is 1. The molecule has 13 nitrogen and oxygen atoms in total. The maximum absolute atomic E-state index is 13.5. The molecule has 7 rings (SSSR count). The molecule has 2 aromatic carbocycles. The van der Waals surface area contributed by atoms with Gasteiger partial charge < -0.3 is 29.2 Å². The van der Waals surface area contributed by atoms with Gasteiger partial charge in [0.25, 0.3) is 11.7 Å². The van der Waals surface area contributed by atoms with E-state index in [1.807, 2.05) is 31.3 Å². The zero-order valence-electron chi connectivity index (χ0n) is 25.2. The van der Waals surface area contributed by atoms with Gasteiger partial charge in [0.15, 0.2) is 5.82 Å². The molecule has 236 valence electrons. The Morgan fingerprint density at radius 3 is 2.87 bits per heavy atom. The largest absolute Gasteiger partial charge is 0.489 e. The molecule has 4 heterocycles. The van der Waals surface area contributed by atoms with E-state index in [9.17, 15) is 14.0 Å². The molecule has 1 aliphatic carbocycles. The zero-order valence-corrected chi connectivity index (χ0v) is 25.2. The van der Waals surface area contributed by atoms with Crippen molar-refractivity contribution < 1.29 is 23.8 Å². The third-order valence-corrected chi connectivity index (χ3v) is 8.69. The molecule has 5 aromatic rings. The lowest BCUT2D eigenvalue weighted by Gasteiger charge is -2.31. The van der Waals surface area contributed by atoms with Gasteiger partial charge in [-0.05, 0) is 55.0 Å². The van der Waals surface area contributed by atoms with Crippen LogP contribution < -0.4 is 10.1 Å². The Morgan fingerprint density at radius 1 is 1.28 bits per heavy atom. The molecule has 1 saturated carbocycles. The van der Waals surface area contributed by atoms with Gasteiger partial charge in [-0.1, -0.05) is 12.1 Å². The van der Waals surface area contributed by atoms with E-state index in [0.29, 0.717) is 43.1 Å². The van der Waals surface area contributed by atoms with E-state index in [4.69, 9.17) is 20.1 Å². The average Bonchev–Trinajstić information content (AvgIpc) is 3.48. The lowest BCUT2D eigenvalue weighted by atomic mass is 9.97. The number of carbonyl (C=O) groups excluding carboxylic acids is 1. The molecule has 0 bridgehead atoms. The molecule has 2 N–H and O–H groups in total. The molecule has 14 heteroatoms. The highest BCUT2D eigenvalue weighted by molar-refractivity contribution is 6.01. The van der Waals surface area contributed by atoms with Crippen LogP contribution in [0.4, 0.5) is 9.18 Å². The summed E-state index contributed by atoms with van der Waals surface area (Å²) in [6.07, 6.45) is 3.08. The summed E-state index contributed by atoms with van der Waals surface area (Å²) >= 11 is 0. The van der Waals surface area contributed by atoms with Crippen molar-refractivity contribution in [3.63, 3.8) is 0 Å². The van der Waals surface area contributed by atoms with E-state index in [-0.39, 0.29) is 18.3 Å². The summed E-state index contributed by atoms with van der Waals surface area (Å²) in [4.78, 5) is 35.0. The second-order valence-electron chi connectivity index (χ2n) is 11.9. The van der Waals surface area contributed by atoms with Crippen LogP contribution in [0.2, 0.25) is 0 Å².